The first-order valence-electron chi connectivity index (χ1n) is 7.10. The predicted molar refractivity (Wildman–Crippen MR) is 81.9 cm³/mol. The van der Waals surface area contributed by atoms with Gasteiger partial charge in [-0.25, -0.2) is 0 Å². The summed E-state index contributed by atoms with van der Waals surface area (Å²) in [7, 11) is 4.25. The molecule has 118 valence electrons. The van der Waals surface area contributed by atoms with Gasteiger partial charge in [-0.3, -0.25) is 0 Å². The van der Waals surface area contributed by atoms with Crippen molar-refractivity contribution in [3.8, 4) is 5.75 Å². The normalized spacial score (nSPS) is 13.2. The average Bonchev–Trinajstić information content (AvgIpc) is 2.84. The molecule has 0 saturated carbocycles. The molecule has 2 rings (SSSR count). The number of aliphatic hydroxyl groups excluding tert-OH is 1. The van der Waals surface area contributed by atoms with E-state index in [0.29, 0.717) is 19.2 Å². The minimum Gasteiger partial charge on any atom is -1.00 e. The van der Waals surface area contributed by atoms with Gasteiger partial charge >= 0.3 is 0 Å². The highest BCUT2D eigenvalue weighted by Crippen LogP contribution is 2.24. The number of nitrogens with zero attached hydrogens (tertiary/aromatic N) is 1. The summed E-state index contributed by atoms with van der Waals surface area (Å²) < 4.78 is 6.56. The van der Waals surface area contributed by atoms with Gasteiger partial charge in [-0.05, 0) is 32.0 Å². The second-order valence-electron chi connectivity index (χ2n) is 6.21. The summed E-state index contributed by atoms with van der Waals surface area (Å²) in [5.41, 5.74) is 1.05. The minimum absolute atomic E-state index is 0. The number of hydrogen-bond acceptors (Lipinski definition) is 2. The Hall–Kier alpha value is -1.23. The van der Waals surface area contributed by atoms with Gasteiger partial charge in [-0.15, -0.1) is 0 Å². The van der Waals surface area contributed by atoms with E-state index in [4.69, 9.17) is 4.74 Å². The number of aromatic nitrogens is 1. The predicted octanol–water partition coefficient (Wildman–Crippen LogP) is -0.604. The summed E-state index contributed by atoms with van der Waals surface area (Å²) in [6.07, 6.45) is 1.42. The van der Waals surface area contributed by atoms with Crippen LogP contribution in [-0.2, 0) is 0 Å². The van der Waals surface area contributed by atoms with Gasteiger partial charge < -0.3 is 31.7 Å². The molecule has 1 atom stereocenters. The maximum atomic E-state index is 10.2. The summed E-state index contributed by atoms with van der Waals surface area (Å²) in [5.74, 6) is 0.817. The van der Waals surface area contributed by atoms with E-state index >= 15 is 0 Å². The first-order chi connectivity index (χ1) is 9.40. The van der Waals surface area contributed by atoms with E-state index in [0.717, 1.165) is 21.1 Å². The molecule has 0 radical (unpaired) electrons. The largest absolute Gasteiger partial charge is 1.00 e. The number of rotatable bonds is 6. The molecule has 2 N–H and O–H groups in total. The molecular weight excluding hydrogens is 288 g/mol. The first-order valence-corrected chi connectivity index (χ1v) is 7.10. The number of likely N-dealkylation sites (N-methyl/N-ethyl adjacent to an activating group) is 1. The molecule has 0 aliphatic heterocycles. The van der Waals surface area contributed by atoms with Crippen LogP contribution in [0.4, 0.5) is 0 Å². The summed E-state index contributed by atoms with van der Waals surface area (Å²) in [6, 6.07) is 8.36. The lowest BCUT2D eigenvalue weighted by atomic mass is 10.2. The Bertz CT molecular complexity index is 566. The van der Waals surface area contributed by atoms with Crippen LogP contribution in [0.1, 0.15) is 13.8 Å². The number of halogens is 1. The van der Waals surface area contributed by atoms with Crippen molar-refractivity contribution in [2.75, 3.05) is 27.2 Å². The number of fused-ring (bicyclic) bond motifs is 1. The zero-order valence-corrected chi connectivity index (χ0v) is 13.9. The van der Waals surface area contributed by atoms with E-state index in [2.05, 4.69) is 32.9 Å². The van der Waals surface area contributed by atoms with Gasteiger partial charge in [0, 0.05) is 17.1 Å². The van der Waals surface area contributed by atoms with Crippen molar-refractivity contribution in [2.45, 2.75) is 26.0 Å². The average molecular weight is 313 g/mol. The van der Waals surface area contributed by atoms with Gasteiger partial charge in [0.25, 0.3) is 0 Å². The van der Waals surface area contributed by atoms with Crippen LogP contribution in [0.15, 0.2) is 30.5 Å². The van der Waals surface area contributed by atoms with Gasteiger partial charge in [0.2, 0.25) is 0 Å². The molecule has 0 saturated heterocycles. The quantitative estimate of drug-likeness (QED) is 0.700. The number of H-pyrrole nitrogens is 1. The number of ether oxygens (including phenoxy) is 1. The zero-order chi connectivity index (χ0) is 14.8. The van der Waals surface area contributed by atoms with Crippen molar-refractivity contribution in [2.24, 2.45) is 0 Å². The minimum atomic E-state index is -0.471. The lowest BCUT2D eigenvalue weighted by Crippen LogP contribution is -3.00. The van der Waals surface area contributed by atoms with Gasteiger partial charge in [0.05, 0.1) is 20.1 Å². The Morgan fingerprint density at radius 1 is 1.24 bits per heavy atom. The van der Waals surface area contributed by atoms with Crippen LogP contribution in [0.5, 0.6) is 5.75 Å². The molecule has 0 amide bonds. The van der Waals surface area contributed by atoms with E-state index in [9.17, 15) is 5.11 Å². The highest BCUT2D eigenvalue weighted by atomic mass is 35.5. The third-order valence-electron chi connectivity index (χ3n) is 4.07. The first kappa shape index (κ1) is 17.8. The van der Waals surface area contributed by atoms with Gasteiger partial charge in [0.1, 0.15) is 25.0 Å². The summed E-state index contributed by atoms with van der Waals surface area (Å²) in [5, 5.41) is 11.2. The molecular formula is C16H25ClN2O2. The second-order valence-corrected chi connectivity index (χ2v) is 6.21. The molecule has 1 unspecified atom stereocenters. The number of hydrogen-bond donors (Lipinski definition) is 2. The Morgan fingerprint density at radius 3 is 2.62 bits per heavy atom. The highest BCUT2D eigenvalue weighted by molar-refractivity contribution is 5.85. The van der Waals surface area contributed by atoms with Crippen LogP contribution in [0.25, 0.3) is 10.9 Å². The fourth-order valence-electron chi connectivity index (χ4n) is 2.18. The molecule has 1 aromatic heterocycles. The van der Waals surface area contributed by atoms with E-state index in [1.807, 2.05) is 30.5 Å². The van der Waals surface area contributed by atoms with Crippen molar-refractivity contribution < 1.29 is 26.7 Å². The standard InChI is InChI=1S/C16H25N2O2.ClH/c1-12(2)18(3,4)10-13(19)11-20-16-7-5-6-15-14(16)8-9-17-15;/h5-9,12-13,17,19H,10-11H2,1-4H3;1H/q+1;/p-1. The van der Waals surface area contributed by atoms with Crippen molar-refractivity contribution in [3.05, 3.63) is 30.5 Å². The van der Waals surface area contributed by atoms with E-state index in [1.165, 1.54) is 0 Å². The molecule has 4 nitrogen and oxygen atoms in total. The summed E-state index contributed by atoms with van der Waals surface area (Å²) in [6.45, 7) is 5.32. The van der Waals surface area contributed by atoms with Crippen LogP contribution in [0.3, 0.4) is 0 Å². The van der Waals surface area contributed by atoms with Crippen molar-refractivity contribution >= 4 is 10.9 Å². The number of aliphatic hydroxyl groups is 1. The van der Waals surface area contributed by atoms with E-state index < -0.39 is 6.10 Å². The van der Waals surface area contributed by atoms with Crippen LogP contribution in [0, 0.1) is 0 Å². The number of benzene rings is 1. The molecule has 1 heterocycles. The van der Waals surface area contributed by atoms with Crippen molar-refractivity contribution in [1.29, 1.82) is 0 Å². The summed E-state index contributed by atoms with van der Waals surface area (Å²) in [4.78, 5) is 3.16. The third kappa shape index (κ3) is 4.37. The molecule has 21 heavy (non-hydrogen) atoms. The molecule has 0 bridgehead atoms. The Labute approximate surface area is 132 Å². The summed E-state index contributed by atoms with van der Waals surface area (Å²) >= 11 is 0. The van der Waals surface area contributed by atoms with Crippen molar-refractivity contribution in [1.82, 2.24) is 4.98 Å². The number of aromatic amines is 1. The van der Waals surface area contributed by atoms with E-state index in [-0.39, 0.29) is 12.4 Å². The smallest absolute Gasteiger partial charge is 0.137 e. The zero-order valence-electron chi connectivity index (χ0n) is 13.1. The van der Waals surface area contributed by atoms with Crippen LogP contribution in [0.2, 0.25) is 0 Å². The Morgan fingerprint density at radius 2 is 1.95 bits per heavy atom. The highest BCUT2D eigenvalue weighted by Gasteiger charge is 2.24. The SMILES string of the molecule is CC(C)[N+](C)(C)CC(O)COc1cccc2[nH]ccc12.[Cl-]. The topological polar surface area (TPSA) is 45.2 Å². The fourth-order valence-corrected chi connectivity index (χ4v) is 2.18. The van der Waals surface area contributed by atoms with Gasteiger partial charge in [0.15, 0.2) is 0 Å². The van der Waals surface area contributed by atoms with E-state index in [1.54, 1.807) is 0 Å². The number of quaternary nitrogens is 1. The Kier molecular flexibility index (Phi) is 6.08. The van der Waals surface area contributed by atoms with Crippen LogP contribution in [-0.4, -0.2) is 54.0 Å². The lowest BCUT2D eigenvalue weighted by molar-refractivity contribution is -0.914. The fraction of sp³-hybridized carbons (Fsp3) is 0.500. The molecule has 0 spiro atoms. The maximum absolute atomic E-state index is 10.2. The molecule has 0 aliphatic rings. The van der Waals surface area contributed by atoms with Gasteiger partial charge in [-0.1, -0.05) is 6.07 Å². The van der Waals surface area contributed by atoms with Crippen LogP contribution < -0.4 is 17.1 Å². The third-order valence-corrected chi connectivity index (χ3v) is 4.07. The number of nitrogens with one attached hydrogen (secondary N) is 1. The molecule has 5 heteroatoms. The molecule has 0 fully saturated rings. The monoisotopic (exact) mass is 312 g/mol. The molecule has 2 aromatic rings. The second kappa shape index (κ2) is 7.16. The van der Waals surface area contributed by atoms with Crippen molar-refractivity contribution in [3.63, 3.8) is 0 Å². The maximum Gasteiger partial charge on any atom is 0.137 e. The van der Waals surface area contributed by atoms with Gasteiger partial charge in [-0.2, -0.15) is 0 Å². The Balaban J connectivity index is 0.00000220. The molecule has 1 aromatic carbocycles. The molecule has 0 aliphatic carbocycles. The lowest BCUT2D eigenvalue weighted by Gasteiger charge is -2.35. The van der Waals surface area contributed by atoms with Crippen LogP contribution >= 0.6 is 0 Å².